The van der Waals surface area contributed by atoms with Gasteiger partial charge in [-0.05, 0) is 36.4 Å². The molecule has 0 saturated heterocycles. The Bertz CT molecular complexity index is 1250. The van der Waals surface area contributed by atoms with Gasteiger partial charge in [0.1, 0.15) is 29.6 Å². The van der Waals surface area contributed by atoms with Crippen LogP contribution < -0.4 is 10.1 Å². The van der Waals surface area contributed by atoms with E-state index in [0.29, 0.717) is 22.3 Å². The van der Waals surface area contributed by atoms with Crippen molar-refractivity contribution in [2.45, 2.75) is 6.61 Å². The minimum Gasteiger partial charge on any atom is -0.488 e. The zero-order chi connectivity index (χ0) is 21.8. The van der Waals surface area contributed by atoms with Gasteiger partial charge in [0, 0.05) is 17.3 Å². The molecule has 0 unspecified atom stereocenters. The molecular formula is C23H17FN2O5. The molecule has 156 valence electrons. The average molecular weight is 420 g/mol. The van der Waals surface area contributed by atoms with Crippen molar-refractivity contribution in [3.05, 3.63) is 89.6 Å². The van der Waals surface area contributed by atoms with Gasteiger partial charge in [0.15, 0.2) is 0 Å². The number of ether oxygens (including phenoxy) is 2. The molecule has 2 aromatic carbocycles. The molecule has 7 nitrogen and oxygen atoms in total. The number of aromatic nitrogens is 1. The van der Waals surface area contributed by atoms with E-state index in [1.54, 1.807) is 36.4 Å². The van der Waals surface area contributed by atoms with E-state index in [1.165, 1.54) is 37.8 Å². The van der Waals surface area contributed by atoms with Crippen molar-refractivity contribution in [1.29, 1.82) is 0 Å². The fourth-order valence-corrected chi connectivity index (χ4v) is 2.95. The summed E-state index contributed by atoms with van der Waals surface area (Å²) < 4.78 is 29.7. The van der Waals surface area contributed by atoms with Crippen LogP contribution in [0.4, 0.5) is 10.2 Å². The van der Waals surface area contributed by atoms with Crippen molar-refractivity contribution in [2.24, 2.45) is 0 Å². The van der Waals surface area contributed by atoms with E-state index in [2.05, 4.69) is 15.0 Å². The molecule has 0 radical (unpaired) electrons. The fraction of sp³-hybridized carbons (Fsp3) is 0.0870. The predicted octanol–water partition coefficient (Wildman–Crippen LogP) is 4.58. The fourth-order valence-electron chi connectivity index (χ4n) is 2.95. The van der Waals surface area contributed by atoms with Crippen molar-refractivity contribution in [2.75, 3.05) is 12.4 Å². The van der Waals surface area contributed by atoms with Crippen molar-refractivity contribution >= 4 is 28.7 Å². The van der Waals surface area contributed by atoms with E-state index >= 15 is 0 Å². The zero-order valence-electron chi connectivity index (χ0n) is 16.4. The minimum absolute atomic E-state index is 0.00539. The van der Waals surface area contributed by atoms with E-state index in [4.69, 9.17) is 9.15 Å². The molecule has 0 bridgehead atoms. The number of carbonyl (C=O) groups excluding carboxylic acids is 2. The first kappa shape index (κ1) is 20.1. The Morgan fingerprint density at radius 2 is 1.94 bits per heavy atom. The number of amides is 1. The molecule has 8 heteroatoms. The number of carbonyl (C=O) groups is 2. The monoisotopic (exact) mass is 420 g/mol. The van der Waals surface area contributed by atoms with Crippen LogP contribution in [-0.2, 0) is 11.3 Å². The Balaban J connectivity index is 1.55. The van der Waals surface area contributed by atoms with E-state index in [9.17, 15) is 14.0 Å². The van der Waals surface area contributed by atoms with Crippen molar-refractivity contribution in [3.63, 3.8) is 0 Å². The molecule has 2 aromatic heterocycles. The second-order valence-electron chi connectivity index (χ2n) is 6.56. The second-order valence-corrected chi connectivity index (χ2v) is 6.56. The van der Waals surface area contributed by atoms with Gasteiger partial charge in [-0.2, -0.15) is 0 Å². The number of esters is 1. The first-order valence-corrected chi connectivity index (χ1v) is 9.28. The van der Waals surface area contributed by atoms with Crippen LogP contribution in [0, 0.1) is 5.82 Å². The number of fused-ring (bicyclic) bond motifs is 1. The van der Waals surface area contributed by atoms with Gasteiger partial charge in [-0.3, -0.25) is 4.79 Å². The summed E-state index contributed by atoms with van der Waals surface area (Å²) in [6.45, 7) is -0.00539. The molecule has 0 aliphatic rings. The molecule has 0 atom stereocenters. The number of halogens is 1. The van der Waals surface area contributed by atoms with Gasteiger partial charge in [-0.25, -0.2) is 14.2 Å². The third kappa shape index (κ3) is 4.37. The Hall–Kier alpha value is -4.20. The molecule has 2 heterocycles. The Morgan fingerprint density at radius 1 is 1.10 bits per heavy atom. The number of methoxy groups -OCH3 is 1. The molecule has 0 aliphatic carbocycles. The van der Waals surface area contributed by atoms with Crippen LogP contribution in [-0.4, -0.2) is 24.0 Å². The van der Waals surface area contributed by atoms with E-state index in [-0.39, 0.29) is 29.4 Å². The van der Waals surface area contributed by atoms with Gasteiger partial charge in [0.2, 0.25) is 0 Å². The lowest BCUT2D eigenvalue weighted by atomic mass is 10.1. The molecule has 4 rings (SSSR count). The van der Waals surface area contributed by atoms with E-state index in [0.717, 1.165) is 0 Å². The maximum atomic E-state index is 13.9. The lowest BCUT2D eigenvalue weighted by Gasteiger charge is -2.11. The van der Waals surface area contributed by atoms with Crippen LogP contribution in [0.25, 0.3) is 11.0 Å². The highest BCUT2D eigenvalue weighted by Crippen LogP contribution is 2.30. The summed E-state index contributed by atoms with van der Waals surface area (Å²) in [5.41, 5.74) is 1.38. The molecule has 0 spiro atoms. The average Bonchev–Trinajstić information content (AvgIpc) is 3.27. The van der Waals surface area contributed by atoms with Gasteiger partial charge >= 0.3 is 5.97 Å². The summed E-state index contributed by atoms with van der Waals surface area (Å²) in [6, 6.07) is 14.1. The minimum atomic E-state index is -0.523. The molecule has 0 saturated carbocycles. The second kappa shape index (κ2) is 8.66. The number of anilines is 1. The van der Waals surface area contributed by atoms with Gasteiger partial charge in [-0.1, -0.05) is 18.2 Å². The number of hydrogen-bond donors (Lipinski definition) is 1. The van der Waals surface area contributed by atoms with Gasteiger partial charge < -0.3 is 19.2 Å². The van der Waals surface area contributed by atoms with Crippen LogP contribution in [0.2, 0.25) is 0 Å². The molecular weight excluding hydrogens is 403 g/mol. The van der Waals surface area contributed by atoms with Crippen molar-refractivity contribution in [3.8, 4) is 5.75 Å². The topological polar surface area (TPSA) is 90.7 Å². The Labute approximate surface area is 176 Å². The van der Waals surface area contributed by atoms with Crippen LogP contribution in [0.3, 0.4) is 0 Å². The lowest BCUT2D eigenvalue weighted by molar-refractivity contribution is 0.0600. The summed E-state index contributed by atoms with van der Waals surface area (Å²) in [7, 11) is 1.27. The smallest absolute Gasteiger partial charge is 0.339 e. The quantitative estimate of drug-likeness (QED) is 0.459. The number of benzene rings is 2. The molecule has 0 aliphatic heterocycles. The third-order valence-corrected chi connectivity index (χ3v) is 4.56. The summed E-state index contributed by atoms with van der Waals surface area (Å²) in [5, 5.41) is 3.31. The third-order valence-electron chi connectivity index (χ3n) is 4.56. The lowest BCUT2D eigenvalue weighted by Crippen LogP contribution is -2.13. The maximum absolute atomic E-state index is 13.9. The maximum Gasteiger partial charge on any atom is 0.339 e. The van der Waals surface area contributed by atoms with Gasteiger partial charge in [-0.15, -0.1) is 0 Å². The van der Waals surface area contributed by atoms with Crippen LogP contribution >= 0.6 is 0 Å². The highest BCUT2D eigenvalue weighted by atomic mass is 19.1. The number of rotatable bonds is 6. The Morgan fingerprint density at radius 3 is 2.68 bits per heavy atom. The van der Waals surface area contributed by atoms with Crippen LogP contribution in [0.5, 0.6) is 5.75 Å². The van der Waals surface area contributed by atoms with E-state index < -0.39 is 11.9 Å². The number of nitrogens with zero attached hydrogens (tertiary/aromatic N) is 1. The first-order valence-electron chi connectivity index (χ1n) is 9.28. The van der Waals surface area contributed by atoms with Crippen LogP contribution in [0.15, 0.2) is 71.5 Å². The van der Waals surface area contributed by atoms with Crippen LogP contribution in [0.1, 0.15) is 26.3 Å². The SMILES string of the molecule is COC(=O)c1ccc(NC(=O)c2cc(OCc3ccccc3F)c3ccoc3c2)nc1. The standard InChI is InChI=1S/C23H17FN2O5/c1-29-23(28)14-6-7-21(25-12-14)26-22(27)16-10-19-17(8-9-30-19)20(11-16)31-13-15-4-2-3-5-18(15)24/h2-12H,13H2,1H3,(H,25,26,27). The molecule has 1 amide bonds. The molecule has 0 fully saturated rings. The highest BCUT2D eigenvalue weighted by molar-refractivity contribution is 6.06. The molecule has 1 N–H and O–H groups in total. The molecule has 4 aromatic rings. The number of pyridine rings is 1. The molecule has 31 heavy (non-hydrogen) atoms. The Kier molecular flexibility index (Phi) is 5.61. The highest BCUT2D eigenvalue weighted by Gasteiger charge is 2.15. The summed E-state index contributed by atoms with van der Waals surface area (Å²) in [4.78, 5) is 28.3. The zero-order valence-corrected chi connectivity index (χ0v) is 16.4. The van der Waals surface area contributed by atoms with Crippen molar-refractivity contribution < 1.29 is 27.9 Å². The number of hydrogen-bond acceptors (Lipinski definition) is 6. The van der Waals surface area contributed by atoms with E-state index in [1.807, 2.05) is 0 Å². The van der Waals surface area contributed by atoms with Gasteiger partial charge in [0.25, 0.3) is 5.91 Å². The summed E-state index contributed by atoms with van der Waals surface area (Å²) in [5.74, 6) is -0.710. The predicted molar refractivity (Wildman–Crippen MR) is 110 cm³/mol. The number of furan rings is 1. The summed E-state index contributed by atoms with van der Waals surface area (Å²) in [6.07, 6.45) is 2.79. The normalized spacial score (nSPS) is 10.6. The summed E-state index contributed by atoms with van der Waals surface area (Å²) >= 11 is 0. The largest absolute Gasteiger partial charge is 0.488 e. The number of nitrogens with one attached hydrogen (secondary N) is 1. The first-order chi connectivity index (χ1) is 15.0. The van der Waals surface area contributed by atoms with Gasteiger partial charge in [0.05, 0.1) is 24.3 Å². The van der Waals surface area contributed by atoms with Crippen molar-refractivity contribution in [1.82, 2.24) is 4.98 Å².